The first-order chi connectivity index (χ1) is 15.0. The summed E-state index contributed by atoms with van der Waals surface area (Å²) in [6.45, 7) is 7.39. The number of anilines is 1. The molecule has 9 heteroatoms. The van der Waals surface area contributed by atoms with E-state index in [4.69, 9.17) is 10.00 Å². The number of amides is 1. The SMILES string of the molecule is CCc1ccc(OCc2nnc(SCC(=O)Nc3sccc3C#N)n2CC(C)C)cc1. The lowest BCUT2D eigenvalue weighted by Crippen LogP contribution is -2.16. The highest BCUT2D eigenvalue weighted by atomic mass is 32.2. The van der Waals surface area contributed by atoms with Crippen molar-refractivity contribution < 1.29 is 9.53 Å². The van der Waals surface area contributed by atoms with Crippen molar-refractivity contribution in [3.8, 4) is 11.8 Å². The summed E-state index contributed by atoms with van der Waals surface area (Å²) in [5.74, 6) is 1.89. The van der Waals surface area contributed by atoms with Gasteiger partial charge in [-0.1, -0.05) is 44.7 Å². The molecule has 0 unspecified atom stereocenters. The van der Waals surface area contributed by atoms with Gasteiger partial charge in [0.2, 0.25) is 5.91 Å². The molecule has 2 aromatic heterocycles. The van der Waals surface area contributed by atoms with Crippen molar-refractivity contribution in [2.45, 2.75) is 45.5 Å². The minimum absolute atomic E-state index is 0.179. The molecule has 7 nitrogen and oxygen atoms in total. The Balaban J connectivity index is 1.63. The molecule has 1 amide bonds. The summed E-state index contributed by atoms with van der Waals surface area (Å²) >= 11 is 2.66. The van der Waals surface area contributed by atoms with Crippen LogP contribution in [0.4, 0.5) is 5.00 Å². The molecule has 162 valence electrons. The summed E-state index contributed by atoms with van der Waals surface area (Å²) < 4.78 is 7.92. The van der Waals surface area contributed by atoms with Gasteiger partial charge in [0.25, 0.3) is 0 Å². The number of rotatable bonds is 10. The Morgan fingerprint density at radius 2 is 2.06 bits per heavy atom. The van der Waals surface area contributed by atoms with Gasteiger partial charge in [-0.05, 0) is 41.5 Å². The molecule has 2 heterocycles. The summed E-state index contributed by atoms with van der Waals surface area (Å²) in [5, 5.41) is 23.5. The summed E-state index contributed by atoms with van der Waals surface area (Å²) in [6, 6.07) is 11.8. The highest BCUT2D eigenvalue weighted by Gasteiger charge is 2.17. The van der Waals surface area contributed by atoms with Crippen LogP contribution in [0.5, 0.6) is 5.75 Å². The second-order valence-electron chi connectivity index (χ2n) is 7.30. The van der Waals surface area contributed by atoms with Gasteiger partial charge in [-0.15, -0.1) is 21.5 Å². The molecule has 0 fully saturated rings. The van der Waals surface area contributed by atoms with Gasteiger partial charge in [-0.2, -0.15) is 5.26 Å². The van der Waals surface area contributed by atoms with Gasteiger partial charge in [0, 0.05) is 6.54 Å². The first-order valence-electron chi connectivity index (χ1n) is 10.0. The number of carbonyl (C=O) groups excluding carboxylic acids is 1. The van der Waals surface area contributed by atoms with Crippen molar-refractivity contribution in [3.63, 3.8) is 0 Å². The van der Waals surface area contributed by atoms with Gasteiger partial charge < -0.3 is 14.6 Å². The molecule has 0 atom stereocenters. The lowest BCUT2D eigenvalue weighted by atomic mass is 10.2. The van der Waals surface area contributed by atoms with E-state index < -0.39 is 0 Å². The number of aromatic nitrogens is 3. The third kappa shape index (κ3) is 6.32. The molecule has 0 spiro atoms. The number of hydrogen-bond acceptors (Lipinski definition) is 7. The molecule has 0 aliphatic rings. The summed E-state index contributed by atoms with van der Waals surface area (Å²) in [4.78, 5) is 12.3. The molecule has 3 aromatic rings. The predicted octanol–water partition coefficient (Wildman–Crippen LogP) is 4.74. The van der Waals surface area contributed by atoms with Crippen LogP contribution in [0.15, 0.2) is 40.9 Å². The average Bonchev–Trinajstić information content (AvgIpc) is 3.37. The number of aryl methyl sites for hydroxylation is 1. The Morgan fingerprint density at radius 3 is 2.74 bits per heavy atom. The first kappa shape index (κ1) is 22.8. The molecule has 31 heavy (non-hydrogen) atoms. The van der Waals surface area contributed by atoms with Crippen LogP contribution in [0.25, 0.3) is 0 Å². The summed E-state index contributed by atoms with van der Waals surface area (Å²) in [5.41, 5.74) is 1.73. The Hall–Kier alpha value is -2.83. The number of carbonyl (C=O) groups is 1. The molecule has 0 radical (unpaired) electrons. The standard InChI is InChI=1S/C22H25N5O2S2/c1-4-16-5-7-18(8-6-16)29-13-19-25-26-22(27(19)12-15(2)3)31-14-20(28)24-21-17(11-23)9-10-30-21/h5-10,15H,4,12-14H2,1-3H3,(H,24,28). The molecule has 0 bridgehead atoms. The monoisotopic (exact) mass is 455 g/mol. The number of nitriles is 1. The highest BCUT2D eigenvalue weighted by molar-refractivity contribution is 7.99. The van der Waals surface area contributed by atoms with E-state index in [1.165, 1.54) is 28.7 Å². The van der Waals surface area contributed by atoms with Crippen molar-refractivity contribution in [2.24, 2.45) is 5.92 Å². The number of hydrogen-bond donors (Lipinski definition) is 1. The van der Waals surface area contributed by atoms with E-state index in [1.54, 1.807) is 11.4 Å². The lowest BCUT2D eigenvalue weighted by molar-refractivity contribution is -0.113. The zero-order chi connectivity index (χ0) is 22.2. The van der Waals surface area contributed by atoms with Crippen LogP contribution in [0, 0.1) is 17.2 Å². The van der Waals surface area contributed by atoms with E-state index in [1.807, 2.05) is 16.7 Å². The summed E-state index contributed by atoms with van der Waals surface area (Å²) in [7, 11) is 0. The number of nitrogens with one attached hydrogen (secondary N) is 1. The van der Waals surface area contributed by atoms with Crippen LogP contribution in [-0.2, 0) is 24.4 Å². The number of ether oxygens (including phenoxy) is 1. The molecule has 0 aliphatic heterocycles. The van der Waals surface area contributed by atoms with Crippen LogP contribution < -0.4 is 10.1 Å². The fourth-order valence-electron chi connectivity index (χ4n) is 2.84. The van der Waals surface area contributed by atoms with Crippen molar-refractivity contribution >= 4 is 34.0 Å². The van der Waals surface area contributed by atoms with Gasteiger partial charge in [0.05, 0.1) is 11.3 Å². The van der Waals surface area contributed by atoms with Crippen molar-refractivity contribution in [3.05, 3.63) is 52.7 Å². The van der Waals surface area contributed by atoms with Gasteiger partial charge in [-0.3, -0.25) is 4.79 Å². The maximum atomic E-state index is 12.3. The third-order valence-electron chi connectivity index (χ3n) is 4.41. The van der Waals surface area contributed by atoms with Crippen LogP contribution in [0.3, 0.4) is 0 Å². The van der Waals surface area contributed by atoms with Crippen LogP contribution in [-0.4, -0.2) is 26.4 Å². The molecule has 3 rings (SSSR count). The Kier molecular flexibility index (Phi) is 8.09. The highest BCUT2D eigenvalue weighted by Crippen LogP contribution is 2.24. The van der Waals surface area contributed by atoms with E-state index in [0.29, 0.717) is 28.2 Å². The predicted molar refractivity (Wildman–Crippen MR) is 123 cm³/mol. The molecule has 1 N–H and O–H groups in total. The second-order valence-corrected chi connectivity index (χ2v) is 9.16. The molecule has 1 aromatic carbocycles. The van der Waals surface area contributed by atoms with Crippen molar-refractivity contribution in [1.82, 2.24) is 14.8 Å². The van der Waals surface area contributed by atoms with E-state index >= 15 is 0 Å². The largest absolute Gasteiger partial charge is 0.486 e. The maximum absolute atomic E-state index is 12.3. The van der Waals surface area contributed by atoms with E-state index in [0.717, 1.165) is 24.5 Å². The molecule has 0 aliphatic carbocycles. The van der Waals surface area contributed by atoms with Gasteiger partial charge in [0.1, 0.15) is 23.4 Å². The van der Waals surface area contributed by atoms with Crippen molar-refractivity contribution in [2.75, 3.05) is 11.1 Å². The molecule has 0 saturated carbocycles. The van der Waals surface area contributed by atoms with E-state index in [9.17, 15) is 4.79 Å². The normalized spacial score (nSPS) is 10.8. The Bertz CT molecular complexity index is 1050. The molecular formula is C22H25N5O2S2. The second kappa shape index (κ2) is 11.0. The first-order valence-corrected chi connectivity index (χ1v) is 11.9. The zero-order valence-electron chi connectivity index (χ0n) is 17.8. The quantitative estimate of drug-likeness (QED) is 0.444. The number of benzene rings is 1. The van der Waals surface area contributed by atoms with Crippen molar-refractivity contribution in [1.29, 1.82) is 5.26 Å². The Morgan fingerprint density at radius 1 is 1.29 bits per heavy atom. The maximum Gasteiger partial charge on any atom is 0.235 e. The van der Waals surface area contributed by atoms with Crippen LogP contribution in [0.1, 0.15) is 37.7 Å². The van der Waals surface area contributed by atoms with E-state index in [-0.39, 0.29) is 11.7 Å². The topological polar surface area (TPSA) is 92.8 Å². The molecule has 0 saturated heterocycles. The minimum Gasteiger partial charge on any atom is -0.486 e. The fourth-order valence-corrected chi connectivity index (χ4v) is 4.36. The smallest absolute Gasteiger partial charge is 0.235 e. The lowest BCUT2D eigenvalue weighted by Gasteiger charge is -2.13. The number of nitrogens with zero attached hydrogens (tertiary/aromatic N) is 4. The van der Waals surface area contributed by atoms with Gasteiger partial charge >= 0.3 is 0 Å². The third-order valence-corrected chi connectivity index (χ3v) is 6.21. The zero-order valence-corrected chi connectivity index (χ0v) is 19.4. The van der Waals surface area contributed by atoms with Gasteiger partial charge in [-0.25, -0.2) is 0 Å². The molecular weight excluding hydrogens is 430 g/mol. The van der Waals surface area contributed by atoms with Crippen LogP contribution >= 0.6 is 23.1 Å². The Labute approximate surface area is 190 Å². The number of thiophene rings is 1. The number of thioether (sulfide) groups is 1. The summed E-state index contributed by atoms with van der Waals surface area (Å²) in [6.07, 6.45) is 0.988. The van der Waals surface area contributed by atoms with E-state index in [2.05, 4.69) is 54.5 Å². The average molecular weight is 456 g/mol. The minimum atomic E-state index is -0.183. The van der Waals surface area contributed by atoms with Crippen LogP contribution in [0.2, 0.25) is 0 Å². The van der Waals surface area contributed by atoms with Gasteiger partial charge in [0.15, 0.2) is 11.0 Å². The fraction of sp³-hybridized carbons (Fsp3) is 0.364.